The molecule has 6 N–H and O–H groups in total. The van der Waals surface area contributed by atoms with E-state index in [-0.39, 0.29) is 11.4 Å². The molecule has 1 aromatic carbocycles. The third-order valence-electron chi connectivity index (χ3n) is 5.31. The molecule has 4 rings (SSSR count). The number of hydrazine groups is 1. The van der Waals surface area contributed by atoms with Gasteiger partial charge in [-0.1, -0.05) is 42.1 Å². The molecule has 3 heterocycles. The van der Waals surface area contributed by atoms with Crippen molar-refractivity contribution in [2.24, 2.45) is 12.9 Å². The number of carboxylic acids is 1. The number of nitrogens with one attached hydrogen (secondary N) is 3. The number of carbonyl (C=O) groups is 4. The second kappa shape index (κ2) is 10.3. The van der Waals surface area contributed by atoms with Gasteiger partial charge in [0.05, 0.1) is 0 Å². The Morgan fingerprint density at radius 2 is 2.06 bits per heavy atom. The largest absolute Gasteiger partial charge is 0.477 e. The summed E-state index contributed by atoms with van der Waals surface area (Å²) in [5.74, 6) is 3.35. The van der Waals surface area contributed by atoms with E-state index in [0.29, 0.717) is 22.0 Å². The van der Waals surface area contributed by atoms with Crippen molar-refractivity contribution < 1.29 is 24.3 Å². The van der Waals surface area contributed by atoms with Crippen molar-refractivity contribution in [1.29, 1.82) is 0 Å². The van der Waals surface area contributed by atoms with E-state index in [0.717, 1.165) is 0 Å². The first kappa shape index (κ1) is 24.5. The molecule has 0 radical (unpaired) electrons. The van der Waals surface area contributed by atoms with Gasteiger partial charge in [-0.05, 0) is 21.6 Å². The molecule has 0 bridgehead atoms. The lowest BCUT2D eigenvalue weighted by molar-refractivity contribution is -0.151. The van der Waals surface area contributed by atoms with Gasteiger partial charge in [-0.25, -0.2) is 20.1 Å². The molecular formula is C19H21N9O5S2. The van der Waals surface area contributed by atoms with Crippen LogP contribution in [-0.4, -0.2) is 76.9 Å². The fourth-order valence-corrected chi connectivity index (χ4v) is 5.98. The molecule has 0 saturated carbocycles. The second-order valence-electron chi connectivity index (χ2n) is 7.49. The van der Waals surface area contributed by atoms with Crippen LogP contribution >= 0.6 is 23.5 Å². The molecule has 3 unspecified atom stereocenters. The molecule has 2 aliphatic heterocycles. The first-order valence-electron chi connectivity index (χ1n) is 10.2. The number of nitrogens with two attached hydrogens (primary N) is 1. The molecule has 16 heteroatoms. The van der Waals surface area contributed by atoms with Crippen LogP contribution in [0.2, 0.25) is 0 Å². The number of benzene rings is 1. The third kappa shape index (κ3) is 4.94. The van der Waals surface area contributed by atoms with E-state index in [1.54, 1.807) is 37.4 Å². The van der Waals surface area contributed by atoms with Crippen molar-refractivity contribution in [2.45, 2.75) is 22.6 Å². The smallest absolute Gasteiger partial charge is 0.352 e. The van der Waals surface area contributed by atoms with Gasteiger partial charge in [0, 0.05) is 18.6 Å². The number of rotatable bonds is 8. The number of thioether (sulfide) groups is 2. The number of hydrogen-bond acceptors (Lipinski definition) is 10. The summed E-state index contributed by atoms with van der Waals surface area (Å²) in [4.78, 5) is 51.0. The van der Waals surface area contributed by atoms with Crippen LogP contribution in [0.3, 0.4) is 0 Å². The maximum Gasteiger partial charge on any atom is 0.352 e. The summed E-state index contributed by atoms with van der Waals surface area (Å²) in [6.07, 6.45) is 0. The van der Waals surface area contributed by atoms with Crippen LogP contribution in [0.5, 0.6) is 0 Å². The predicted octanol–water partition coefficient (Wildman–Crippen LogP) is -1.04. The molecule has 3 atom stereocenters. The SMILES string of the molecule is Cn1nnnc1SCC1=C(C(=O)O)N2C(=O)C(NC(=O)C(NC(=O)NN)c3ccccc3)C2SC1. The number of carboxylic acid groups (broad SMARTS) is 1. The topological polar surface area (TPSA) is 197 Å². The van der Waals surface area contributed by atoms with Gasteiger partial charge in [-0.2, -0.15) is 0 Å². The molecular weight excluding hydrogens is 498 g/mol. The van der Waals surface area contributed by atoms with Gasteiger partial charge in [0.2, 0.25) is 11.1 Å². The van der Waals surface area contributed by atoms with Gasteiger partial charge in [0.1, 0.15) is 23.2 Å². The van der Waals surface area contributed by atoms with Gasteiger partial charge in [0.15, 0.2) is 0 Å². The summed E-state index contributed by atoms with van der Waals surface area (Å²) in [5, 5.41) is 26.0. The number of hydrogen-bond donors (Lipinski definition) is 5. The van der Waals surface area contributed by atoms with Crippen molar-refractivity contribution in [3.05, 3.63) is 47.2 Å². The normalized spacial score (nSPS) is 19.9. The Balaban J connectivity index is 1.49. The molecule has 2 aliphatic rings. The lowest BCUT2D eigenvalue weighted by Crippen LogP contribution is -2.71. The molecule has 14 nitrogen and oxygen atoms in total. The molecule has 4 amide bonds. The van der Waals surface area contributed by atoms with Gasteiger partial charge in [0.25, 0.3) is 5.91 Å². The lowest BCUT2D eigenvalue weighted by atomic mass is 10.0. The van der Waals surface area contributed by atoms with E-state index in [1.165, 1.54) is 33.1 Å². The maximum absolute atomic E-state index is 13.0. The summed E-state index contributed by atoms with van der Waals surface area (Å²) >= 11 is 2.60. The highest BCUT2D eigenvalue weighted by Gasteiger charge is 2.54. The van der Waals surface area contributed by atoms with Crippen molar-refractivity contribution in [3.8, 4) is 0 Å². The number of aliphatic carboxylic acids is 1. The lowest BCUT2D eigenvalue weighted by Gasteiger charge is -2.49. The van der Waals surface area contributed by atoms with E-state index in [9.17, 15) is 24.3 Å². The molecule has 1 saturated heterocycles. The molecule has 1 fully saturated rings. The van der Waals surface area contributed by atoms with Crippen molar-refractivity contribution in [2.75, 3.05) is 11.5 Å². The van der Waals surface area contributed by atoms with E-state index >= 15 is 0 Å². The molecule has 0 aliphatic carbocycles. The highest BCUT2D eigenvalue weighted by Crippen LogP contribution is 2.41. The van der Waals surface area contributed by atoms with Gasteiger partial charge >= 0.3 is 12.0 Å². The number of aryl methyl sites for hydroxylation is 1. The molecule has 35 heavy (non-hydrogen) atoms. The minimum Gasteiger partial charge on any atom is -0.477 e. The first-order valence-corrected chi connectivity index (χ1v) is 12.2. The van der Waals surface area contributed by atoms with E-state index < -0.39 is 41.3 Å². The fourth-order valence-electron chi connectivity index (χ4n) is 3.64. The zero-order valence-corrected chi connectivity index (χ0v) is 19.9. The summed E-state index contributed by atoms with van der Waals surface area (Å²) < 4.78 is 1.47. The van der Waals surface area contributed by atoms with Crippen LogP contribution in [0.1, 0.15) is 11.6 Å². The quantitative estimate of drug-likeness (QED) is 0.0938. The van der Waals surface area contributed by atoms with Crippen molar-refractivity contribution in [1.82, 2.24) is 41.2 Å². The monoisotopic (exact) mass is 519 g/mol. The predicted molar refractivity (Wildman–Crippen MR) is 124 cm³/mol. The average Bonchev–Trinajstić information content (AvgIpc) is 3.28. The van der Waals surface area contributed by atoms with Crippen LogP contribution in [-0.2, 0) is 21.4 Å². The number of fused-ring (bicyclic) bond motifs is 1. The van der Waals surface area contributed by atoms with Crippen LogP contribution in [0.4, 0.5) is 4.79 Å². The van der Waals surface area contributed by atoms with Crippen LogP contribution < -0.4 is 21.9 Å². The summed E-state index contributed by atoms with van der Waals surface area (Å²) in [5.41, 5.74) is 2.84. The Hall–Kier alpha value is -3.63. The molecule has 0 spiro atoms. The van der Waals surface area contributed by atoms with Crippen LogP contribution in [0.15, 0.2) is 46.8 Å². The average molecular weight is 520 g/mol. The highest BCUT2D eigenvalue weighted by molar-refractivity contribution is 8.01. The van der Waals surface area contributed by atoms with E-state index in [4.69, 9.17) is 5.84 Å². The number of β-lactam (4-membered cyclic amide) rings is 1. The van der Waals surface area contributed by atoms with E-state index in [1.807, 2.05) is 5.43 Å². The van der Waals surface area contributed by atoms with Crippen molar-refractivity contribution in [3.63, 3.8) is 0 Å². The third-order valence-corrected chi connectivity index (χ3v) is 7.74. The molecule has 2 aromatic rings. The minimum atomic E-state index is -1.23. The Labute approximate surface area is 207 Å². The Kier molecular flexibility index (Phi) is 7.23. The van der Waals surface area contributed by atoms with Gasteiger partial charge in [-0.3, -0.25) is 19.9 Å². The van der Waals surface area contributed by atoms with Crippen LogP contribution in [0, 0.1) is 0 Å². The first-order chi connectivity index (χ1) is 16.8. The minimum absolute atomic E-state index is 0.105. The standard InChI is InChI=1S/C19H21N9O5S2/c1-27-19(24-25-26-27)35-8-10-7-34-16-12(15(30)28(16)13(10)17(31)32)21-14(29)11(22-18(33)23-20)9-5-3-2-4-6-9/h2-6,11-12,16H,7-8,20H2,1H3,(H,21,29)(H,31,32)(H2,22,23,33). The zero-order valence-electron chi connectivity index (χ0n) is 18.2. The fraction of sp³-hybridized carbons (Fsp3) is 0.316. The highest BCUT2D eigenvalue weighted by atomic mass is 32.2. The van der Waals surface area contributed by atoms with Crippen molar-refractivity contribution >= 4 is 47.3 Å². The Bertz CT molecular complexity index is 1190. The number of nitrogens with zero attached hydrogens (tertiary/aromatic N) is 5. The molecule has 1 aromatic heterocycles. The number of aromatic nitrogens is 4. The summed E-state index contributed by atoms with van der Waals surface area (Å²) in [6.45, 7) is 0. The van der Waals surface area contributed by atoms with Gasteiger partial charge < -0.3 is 15.7 Å². The summed E-state index contributed by atoms with van der Waals surface area (Å²) in [6, 6.07) is 5.60. The second-order valence-corrected chi connectivity index (χ2v) is 9.54. The van der Waals surface area contributed by atoms with Gasteiger partial charge in [-0.15, -0.1) is 16.9 Å². The zero-order chi connectivity index (χ0) is 25.1. The van der Waals surface area contributed by atoms with Crippen LogP contribution in [0.25, 0.3) is 0 Å². The maximum atomic E-state index is 13.0. The number of carbonyl (C=O) groups excluding carboxylic acids is 3. The Morgan fingerprint density at radius 3 is 2.69 bits per heavy atom. The number of urea groups is 1. The number of tetrazole rings is 1. The number of amides is 4. The Morgan fingerprint density at radius 1 is 1.31 bits per heavy atom. The van der Waals surface area contributed by atoms with E-state index in [2.05, 4.69) is 26.2 Å². The summed E-state index contributed by atoms with van der Waals surface area (Å²) in [7, 11) is 1.67. The molecule has 184 valence electrons.